The van der Waals surface area contributed by atoms with E-state index in [1.54, 1.807) is 13.2 Å². The number of ether oxygens (including phenoxy) is 1. The van der Waals surface area contributed by atoms with Gasteiger partial charge < -0.3 is 19.8 Å². The molecule has 1 fully saturated rings. The molecule has 2 N–H and O–H groups in total. The molecule has 0 spiro atoms. The molecule has 0 saturated heterocycles. The number of aromatic hydroxyl groups is 2. The van der Waals surface area contributed by atoms with Crippen molar-refractivity contribution in [2.45, 2.75) is 31.2 Å². The van der Waals surface area contributed by atoms with Gasteiger partial charge in [0.25, 0.3) is 0 Å². The molecule has 1 heterocycles. The fourth-order valence-corrected chi connectivity index (χ4v) is 5.69. The molecule has 1 aliphatic heterocycles. The topological polar surface area (TPSA) is 87.1 Å². The van der Waals surface area contributed by atoms with Crippen LogP contribution in [0.1, 0.15) is 57.0 Å². The summed E-state index contributed by atoms with van der Waals surface area (Å²) in [5.74, 6) is -0.476. The van der Waals surface area contributed by atoms with Crippen molar-refractivity contribution >= 4 is 29.0 Å². The number of ketones is 2. The van der Waals surface area contributed by atoms with Gasteiger partial charge in [-0.2, -0.15) is 0 Å². The lowest BCUT2D eigenvalue weighted by molar-refractivity contribution is 0.0990. The Labute approximate surface area is 196 Å². The van der Waals surface area contributed by atoms with Crippen LogP contribution in [0.25, 0.3) is 6.08 Å². The molecule has 170 valence electrons. The van der Waals surface area contributed by atoms with Gasteiger partial charge >= 0.3 is 0 Å². The maximum absolute atomic E-state index is 12.9. The van der Waals surface area contributed by atoms with Gasteiger partial charge in [0, 0.05) is 34.5 Å². The monoisotopic (exact) mass is 453 g/mol. The van der Waals surface area contributed by atoms with E-state index in [1.807, 2.05) is 18.2 Å². The predicted molar refractivity (Wildman–Crippen MR) is 128 cm³/mol. The van der Waals surface area contributed by atoms with Crippen LogP contribution in [0.4, 0.5) is 11.4 Å². The molecule has 0 radical (unpaired) electrons. The van der Waals surface area contributed by atoms with Gasteiger partial charge in [0.15, 0.2) is 23.1 Å². The summed E-state index contributed by atoms with van der Waals surface area (Å²) < 4.78 is 5.31. The van der Waals surface area contributed by atoms with E-state index in [4.69, 9.17) is 4.74 Å². The molecule has 3 aliphatic rings. The van der Waals surface area contributed by atoms with E-state index in [0.29, 0.717) is 12.0 Å². The fourth-order valence-electron chi connectivity index (χ4n) is 5.69. The number of rotatable bonds is 3. The van der Waals surface area contributed by atoms with Crippen molar-refractivity contribution in [2.24, 2.45) is 0 Å². The molecule has 0 amide bonds. The first-order valence-electron chi connectivity index (χ1n) is 11.4. The summed E-state index contributed by atoms with van der Waals surface area (Å²) in [6.45, 7) is 0. The van der Waals surface area contributed by atoms with Crippen molar-refractivity contribution in [3.8, 4) is 17.2 Å². The van der Waals surface area contributed by atoms with E-state index >= 15 is 0 Å². The van der Waals surface area contributed by atoms with Crippen molar-refractivity contribution in [3.63, 3.8) is 0 Å². The number of fused-ring (bicyclic) bond motifs is 4. The molecule has 6 rings (SSSR count). The summed E-state index contributed by atoms with van der Waals surface area (Å²) >= 11 is 0. The van der Waals surface area contributed by atoms with Crippen LogP contribution in [-0.2, 0) is 0 Å². The van der Waals surface area contributed by atoms with E-state index in [0.717, 1.165) is 54.1 Å². The number of hydrogen-bond donors (Lipinski definition) is 2. The zero-order chi connectivity index (χ0) is 23.6. The first-order chi connectivity index (χ1) is 16.5. The quantitative estimate of drug-likeness (QED) is 0.316. The molecule has 3 aromatic rings. The maximum atomic E-state index is 12.9. The third-order valence-corrected chi connectivity index (χ3v) is 7.28. The number of methoxy groups -OCH3 is 1. The van der Waals surface area contributed by atoms with Gasteiger partial charge in [0.05, 0.1) is 12.7 Å². The minimum Gasteiger partial charge on any atom is -0.504 e. The minimum atomic E-state index is -0.436. The van der Waals surface area contributed by atoms with Gasteiger partial charge in [-0.1, -0.05) is 12.5 Å². The van der Waals surface area contributed by atoms with Crippen LogP contribution in [0.5, 0.6) is 17.2 Å². The van der Waals surface area contributed by atoms with Crippen LogP contribution in [0.2, 0.25) is 0 Å². The molecule has 0 bridgehead atoms. The summed E-state index contributed by atoms with van der Waals surface area (Å²) in [6, 6.07) is 16.9. The molecular weight excluding hydrogens is 430 g/mol. The van der Waals surface area contributed by atoms with E-state index in [1.165, 1.54) is 5.56 Å². The van der Waals surface area contributed by atoms with Crippen LogP contribution in [0.15, 0.2) is 60.2 Å². The van der Waals surface area contributed by atoms with Gasteiger partial charge in [-0.25, -0.2) is 0 Å². The molecule has 34 heavy (non-hydrogen) atoms. The Bertz CT molecular complexity index is 1350. The van der Waals surface area contributed by atoms with Gasteiger partial charge in [-0.3, -0.25) is 9.59 Å². The van der Waals surface area contributed by atoms with Crippen molar-refractivity contribution in [2.75, 3.05) is 12.0 Å². The smallest absolute Gasteiger partial charge is 0.197 e. The van der Waals surface area contributed by atoms with Crippen LogP contribution in [0.3, 0.4) is 0 Å². The molecule has 6 heteroatoms. The van der Waals surface area contributed by atoms with Crippen LogP contribution in [-0.4, -0.2) is 34.9 Å². The highest BCUT2D eigenvalue weighted by Gasteiger charge is 2.42. The number of allylic oxidation sites excluding steroid dienone is 1. The predicted octanol–water partition coefficient (Wildman–Crippen LogP) is 5.36. The zero-order valence-electron chi connectivity index (χ0n) is 18.6. The van der Waals surface area contributed by atoms with Gasteiger partial charge in [0.1, 0.15) is 5.75 Å². The number of nitrogens with zero attached hydrogens (tertiary/aromatic N) is 1. The Kier molecular flexibility index (Phi) is 4.52. The number of Topliss-reactive ketones (excluding diaryl/α,β-unsaturated/α-hetero) is 2. The SMILES string of the molecule is COc1ccc(N2c3ccc(C=C4C(=O)c5cc(O)c(O)cc5C4=O)cc3C3CCCC32)cc1. The molecule has 3 aromatic carbocycles. The highest BCUT2D eigenvalue weighted by molar-refractivity contribution is 6.41. The largest absolute Gasteiger partial charge is 0.504 e. The third kappa shape index (κ3) is 2.95. The second kappa shape index (κ2) is 7.48. The number of phenols is 2. The molecule has 2 aliphatic carbocycles. The van der Waals surface area contributed by atoms with Crippen molar-refractivity contribution < 1.29 is 24.5 Å². The Morgan fingerprint density at radius 2 is 1.59 bits per heavy atom. The minimum absolute atomic E-state index is 0.0490. The summed E-state index contributed by atoms with van der Waals surface area (Å²) in [7, 11) is 1.66. The number of carbonyl (C=O) groups excluding carboxylic acids is 2. The Balaban J connectivity index is 1.39. The van der Waals surface area contributed by atoms with Crippen LogP contribution in [0, 0.1) is 0 Å². The lowest BCUT2D eigenvalue weighted by Crippen LogP contribution is -2.26. The third-order valence-electron chi connectivity index (χ3n) is 7.28. The molecule has 0 aromatic heterocycles. The Morgan fingerprint density at radius 3 is 2.24 bits per heavy atom. The maximum Gasteiger partial charge on any atom is 0.197 e. The number of benzene rings is 3. The van der Waals surface area contributed by atoms with Gasteiger partial charge in [0.2, 0.25) is 0 Å². The van der Waals surface area contributed by atoms with E-state index in [-0.39, 0.29) is 16.7 Å². The first kappa shape index (κ1) is 20.5. The Morgan fingerprint density at radius 1 is 0.912 bits per heavy atom. The standard InChI is InChI=1S/C28H23NO5/c1-34-17-8-6-16(7-9-17)29-23-4-2-3-18(23)19-11-15(5-10-24(19)29)12-22-27(32)20-13-25(30)26(31)14-21(20)28(22)33/h5-14,18,23,30-31H,2-4H2,1H3. The lowest BCUT2D eigenvalue weighted by Gasteiger charge is -2.27. The number of carbonyl (C=O) groups is 2. The molecule has 2 atom stereocenters. The molecule has 2 unspecified atom stereocenters. The number of phenolic OH excluding ortho intramolecular Hbond substituents is 2. The number of anilines is 2. The average molecular weight is 453 g/mol. The molecule has 6 nitrogen and oxygen atoms in total. The molecule has 1 saturated carbocycles. The highest BCUT2D eigenvalue weighted by atomic mass is 16.5. The second-order valence-electron chi connectivity index (χ2n) is 9.09. The Hall–Kier alpha value is -4.06. The second-order valence-corrected chi connectivity index (χ2v) is 9.09. The lowest BCUT2D eigenvalue weighted by atomic mass is 9.95. The van der Waals surface area contributed by atoms with E-state index in [9.17, 15) is 19.8 Å². The summed E-state index contributed by atoms with van der Waals surface area (Å²) in [5.41, 5.74) is 4.59. The summed E-state index contributed by atoms with van der Waals surface area (Å²) in [5, 5.41) is 19.5. The normalized spacial score (nSPS) is 20.4. The van der Waals surface area contributed by atoms with Crippen LogP contribution >= 0.6 is 0 Å². The summed E-state index contributed by atoms with van der Waals surface area (Å²) in [4.78, 5) is 28.2. The van der Waals surface area contributed by atoms with Crippen molar-refractivity contribution in [3.05, 3.63) is 82.4 Å². The van der Waals surface area contributed by atoms with E-state index in [2.05, 4.69) is 29.2 Å². The zero-order valence-corrected chi connectivity index (χ0v) is 18.6. The van der Waals surface area contributed by atoms with Crippen LogP contribution < -0.4 is 9.64 Å². The number of hydrogen-bond acceptors (Lipinski definition) is 6. The first-order valence-corrected chi connectivity index (χ1v) is 11.4. The molecular formula is C28H23NO5. The summed E-state index contributed by atoms with van der Waals surface area (Å²) in [6.07, 6.45) is 5.00. The highest BCUT2D eigenvalue weighted by Crippen LogP contribution is 2.52. The van der Waals surface area contributed by atoms with Crippen molar-refractivity contribution in [1.29, 1.82) is 0 Å². The van der Waals surface area contributed by atoms with E-state index < -0.39 is 23.1 Å². The van der Waals surface area contributed by atoms with Gasteiger partial charge in [-0.15, -0.1) is 0 Å². The average Bonchev–Trinajstić information content (AvgIpc) is 3.49. The van der Waals surface area contributed by atoms with Gasteiger partial charge in [-0.05, 0) is 78.6 Å². The fraction of sp³-hybridized carbons (Fsp3) is 0.214. The van der Waals surface area contributed by atoms with Crippen molar-refractivity contribution in [1.82, 2.24) is 0 Å².